The molecule has 3 rings (SSSR count). The molecule has 20 heavy (non-hydrogen) atoms. The largest absolute Gasteiger partial charge is 0.351 e. The highest BCUT2D eigenvalue weighted by atomic mass is 19.1. The SMILES string of the molecule is CCNCc1ccnc(N2CCC3CCCCC32)c1F. The van der Waals surface area contributed by atoms with Gasteiger partial charge in [-0.25, -0.2) is 9.37 Å². The lowest BCUT2D eigenvalue weighted by atomic mass is 9.85. The first kappa shape index (κ1) is 13.8. The Labute approximate surface area is 120 Å². The molecule has 1 saturated heterocycles. The highest BCUT2D eigenvalue weighted by molar-refractivity contribution is 5.45. The van der Waals surface area contributed by atoms with E-state index in [0.717, 1.165) is 24.6 Å². The van der Waals surface area contributed by atoms with Gasteiger partial charge in [0.05, 0.1) is 0 Å². The second-order valence-electron chi connectivity index (χ2n) is 5.98. The lowest BCUT2D eigenvalue weighted by Crippen LogP contribution is -2.36. The first-order valence-electron chi connectivity index (χ1n) is 7.92. The van der Waals surface area contributed by atoms with Crippen molar-refractivity contribution >= 4 is 5.82 Å². The molecule has 1 aliphatic heterocycles. The number of halogens is 1. The summed E-state index contributed by atoms with van der Waals surface area (Å²) < 4.78 is 14.7. The molecular formula is C16H24FN3. The molecule has 1 N–H and O–H groups in total. The van der Waals surface area contributed by atoms with Gasteiger partial charge in [0.1, 0.15) is 0 Å². The number of rotatable bonds is 4. The van der Waals surface area contributed by atoms with E-state index in [0.29, 0.717) is 18.4 Å². The van der Waals surface area contributed by atoms with Gasteiger partial charge in [0, 0.05) is 30.9 Å². The molecule has 1 aliphatic carbocycles. The minimum atomic E-state index is -0.125. The van der Waals surface area contributed by atoms with Gasteiger partial charge in [-0.1, -0.05) is 19.8 Å². The Morgan fingerprint density at radius 2 is 2.20 bits per heavy atom. The summed E-state index contributed by atoms with van der Waals surface area (Å²) in [5.74, 6) is 1.21. The third-order valence-corrected chi connectivity index (χ3v) is 4.80. The summed E-state index contributed by atoms with van der Waals surface area (Å²) in [5, 5.41) is 3.19. The Bertz CT molecular complexity index is 463. The molecule has 1 aromatic heterocycles. The molecular weight excluding hydrogens is 253 g/mol. The molecule has 2 atom stereocenters. The fourth-order valence-electron chi connectivity index (χ4n) is 3.74. The topological polar surface area (TPSA) is 28.2 Å². The second kappa shape index (κ2) is 6.08. The first-order valence-corrected chi connectivity index (χ1v) is 7.92. The predicted octanol–water partition coefficient (Wildman–Crippen LogP) is 3.10. The fraction of sp³-hybridized carbons (Fsp3) is 0.688. The van der Waals surface area contributed by atoms with Crippen molar-refractivity contribution in [2.75, 3.05) is 18.0 Å². The summed E-state index contributed by atoms with van der Waals surface area (Å²) in [6.45, 7) is 4.43. The van der Waals surface area contributed by atoms with Crippen LogP contribution >= 0.6 is 0 Å². The number of anilines is 1. The van der Waals surface area contributed by atoms with Gasteiger partial charge in [-0.05, 0) is 37.8 Å². The number of aromatic nitrogens is 1. The van der Waals surface area contributed by atoms with Gasteiger partial charge in [0.2, 0.25) is 0 Å². The zero-order valence-electron chi connectivity index (χ0n) is 12.2. The van der Waals surface area contributed by atoms with Gasteiger partial charge in [-0.2, -0.15) is 0 Å². The van der Waals surface area contributed by atoms with Gasteiger partial charge in [0.25, 0.3) is 0 Å². The van der Waals surface area contributed by atoms with Crippen LogP contribution in [0.1, 0.15) is 44.6 Å². The number of fused-ring (bicyclic) bond motifs is 1. The van der Waals surface area contributed by atoms with Crippen LogP contribution in [0.5, 0.6) is 0 Å². The lowest BCUT2D eigenvalue weighted by Gasteiger charge is -2.32. The molecule has 2 aliphatic rings. The van der Waals surface area contributed by atoms with Crippen LogP contribution in [-0.4, -0.2) is 24.1 Å². The maximum Gasteiger partial charge on any atom is 0.170 e. The molecule has 0 spiro atoms. The highest BCUT2D eigenvalue weighted by Gasteiger charge is 2.37. The number of nitrogens with zero attached hydrogens (tertiary/aromatic N) is 2. The molecule has 1 aromatic rings. The molecule has 0 aromatic carbocycles. The van der Waals surface area contributed by atoms with Crippen molar-refractivity contribution in [3.8, 4) is 0 Å². The average molecular weight is 277 g/mol. The van der Waals surface area contributed by atoms with Crippen LogP contribution in [0.25, 0.3) is 0 Å². The zero-order chi connectivity index (χ0) is 13.9. The van der Waals surface area contributed by atoms with Crippen molar-refractivity contribution in [2.24, 2.45) is 5.92 Å². The van der Waals surface area contributed by atoms with E-state index >= 15 is 0 Å². The van der Waals surface area contributed by atoms with Crippen molar-refractivity contribution in [2.45, 2.75) is 51.6 Å². The molecule has 110 valence electrons. The van der Waals surface area contributed by atoms with E-state index in [1.807, 2.05) is 6.92 Å². The smallest absolute Gasteiger partial charge is 0.170 e. The quantitative estimate of drug-likeness (QED) is 0.916. The van der Waals surface area contributed by atoms with E-state index in [1.54, 1.807) is 12.3 Å². The monoisotopic (exact) mass is 277 g/mol. The Morgan fingerprint density at radius 1 is 1.35 bits per heavy atom. The molecule has 2 fully saturated rings. The molecule has 4 heteroatoms. The van der Waals surface area contributed by atoms with Crippen molar-refractivity contribution in [1.82, 2.24) is 10.3 Å². The summed E-state index contributed by atoms with van der Waals surface area (Å²) in [5.41, 5.74) is 0.733. The second-order valence-corrected chi connectivity index (χ2v) is 5.98. The molecule has 3 nitrogen and oxygen atoms in total. The van der Waals surface area contributed by atoms with Crippen LogP contribution in [0.2, 0.25) is 0 Å². The van der Waals surface area contributed by atoms with Gasteiger partial charge < -0.3 is 10.2 Å². The summed E-state index contributed by atoms with van der Waals surface area (Å²) in [6.07, 6.45) is 8.06. The minimum Gasteiger partial charge on any atom is -0.351 e. The van der Waals surface area contributed by atoms with E-state index in [2.05, 4.69) is 15.2 Å². The van der Waals surface area contributed by atoms with E-state index in [9.17, 15) is 4.39 Å². The maximum absolute atomic E-state index is 14.7. The van der Waals surface area contributed by atoms with Crippen LogP contribution in [0.4, 0.5) is 10.2 Å². The fourth-order valence-corrected chi connectivity index (χ4v) is 3.74. The Balaban J connectivity index is 1.82. The third kappa shape index (κ3) is 2.53. The van der Waals surface area contributed by atoms with Crippen LogP contribution in [0.15, 0.2) is 12.3 Å². The zero-order valence-corrected chi connectivity index (χ0v) is 12.2. The summed E-state index contributed by atoms with van der Waals surface area (Å²) in [7, 11) is 0. The lowest BCUT2D eigenvalue weighted by molar-refractivity contribution is 0.340. The maximum atomic E-state index is 14.7. The summed E-state index contributed by atoms with van der Waals surface area (Å²) in [4.78, 5) is 6.57. The third-order valence-electron chi connectivity index (χ3n) is 4.80. The molecule has 0 amide bonds. The summed E-state index contributed by atoms with van der Waals surface area (Å²) >= 11 is 0. The molecule has 2 heterocycles. The van der Waals surface area contributed by atoms with E-state index in [4.69, 9.17) is 0 Å². The number of hydrogen-bond donors (Lipinski definition) is 1. The van der Waals surface area contributed by atoms with Crippen molar-refractivity contribution in [3.05, 3.63) is 23.6 Å². The molecule has 0 radical (unpaired) electrons. The molecule has 1 saturated carbocycles. The van der Waals surface area contributed by atoms with Gasteiger partial charge in [-0.15, -0.1) is 0 Å². The van der Waals surface area contributed by atoms with Crippen LogP contribution in [0.3, 0.4) is 0 Å². The van der Waals surface area contributed by atoms with Gasteiger partial charge >= 0.3 is 0 Å². The Morgan fingerprint density at radius 3 is 3.05 bits per heavy atom. The highest BCUT2D eigenvalue weighted by Crippen LogP contribution is 2.39. The van der Waals surface area contributed by atoms with Crippen molar-refractivity contribution in [3.63, 3.8) is 0 Å². The van der Waals surface area contributed by atoms with Crippen molar-refractivity contribution < 1.29 is 4.39 Å². The number of hydrogen-bond acceptors (Lipinski definition) is 3. The first-order chi connectivity index (χ1) is 9.81. The van der Waals surface area contributed by atoms with Gasteiger partial charge in [0.15, 0.2) is 11.6 Å². The van der Waals surface area contributed by atoms with Crippen LogP contribution < -0.4 is 10.2 Å². The van der Waals surface area contributed by atoms with Crippen LogP contribution in [0, 0.1) is 11.7 Å². The van der Waals surface area contributed by atoms with Gasteiger partial charge in [-0.3, -0.25) is 0 Å². The summed E-state index contributed by atoms with van der Waals surface area (Å²) in [6, 6.07) is 2.30. The van der Waals surface area contributed by atoms with E-state index < -0.39 is 0 Å². The van der Waals surface area contributed by atoms with Crippen molar-refractivity contribution in [1.29, 1.82) is 0 Å². The predicted molar refractivity (Wildman–Crippen MR) is 79.3 cm³/mol. The van der Waals surface area contributed by atoms with E-state index in [-0.39, 0.29) is 5.82 Å². The molecule has 2 unspecified atom stereocenters. The normalized spacial score (nSPS) is 25.8. The van der Waals surface area contributed by atoms with E-state index in [1.165, 1.54) is 32.1 Å². The Hall–Kier alpha value is -1.16. The van der Waals surface area contributed by atoms with Crippen LogP contribution in [-0.2, 0) is 6.54 Å². The standard InChI is InChI=1S/C16H24FN3/c1-2-18-11-13-7-9-19-16(15(13)17)20-10-8-12-5-3-4-6-14(12)20/h7,9,12,14,18H,2-6,8,10-11H2,1H3. The average Bonchev–Trinajstić information content (AvgIpc) is 2.90. The number of pyridine rings is 1. The molecule has 0 bridgehead atoms. The Kier molecular flexibility index (Phi) is 4.20. The minimum absolute atomic E-state index is 0.125. The number of nitrogens with one attached hydrogen (secondary N) is 1.